The Bertz CT molecular complexity index is 620. The second kappa shape index (κ2) is 6.81. The summed E-state index contributed by atoms with van der Waals surface area (Å²) in [5, 5.41) is 9.15. The highest BCUT2D eigenvalue weighted by Gasteiger charge is 2.35. The molecule has 0 unspecified atom stereocenters. The Morgan fingerprint density at radius 3 is 2.19 bits per heavy atom. The van der Waals surface area contributed by atoms with E-state index < -0.39 is 16.4 Å². The molecular weight excluding hydrogens is 345 g/mol. The molecule has 0 aliphatic rings. The molecule has 2 N–H and O–H groups in total. The summed E-state index contributed by atoms with van der Waals surface area (Å²) < 4.78 is 37.4. The maximum atomic E-state index is 12.6. The van der Waals surface area contributed by atoms with Crippen molar-refractivity contribution in [2.75, 3.05) is 0 Å². The Morgan fingerprint density at radius 2 is 1.81 bits per heavy atom. The van der Waals surface area contributed by atoms with Gasteiger partial charge in [-0.1, -0.05) is 31.2 Å². The van der Waals surface area contributed by atoms with Gasteiger partial charge in [-0.2, -0.15) is 18.4 Å². The van der Waals surface area contributed by atoms with Crippen LogP contribution in [0.5, 0.6) is 0 Å². The number of benzene rings is 1. The van der Waals surface area contributed by atoms with E-state index in [1.54, 1.807) is 25.1 Å². The third kappa shape index (κ3) is 4.11. The van der Waals surface area contributed by atoms with Crippen LogP contribution in [0.25, 0.3) is 5.57 Å². The second-order valence-corrected chi connectivity index (χ2v) is 5.18. The van der Waals surface area contributed by atoms with Crippen LogP contribution in [0.2, 0.25) is 0 Å². The largest absolute Gasteiger partial charge is 0.431 e. The molecule has 1 aromatic carbocycles. The van der Waals surface area contributed by atoms with Gasteiger partial charge in [-0.15, -0.1) is 0 Å². The topological polar surface area (TPSA) is 49.8 Å². The molecule has 0 radical (unpaired) electrons. The van der Waals surface area contributed by atoms with Crippen LogP contribution in [0.15, 0.2) is 40.0 Å². The molecule has 0 atom stereocenters. The molecule has 0 aromatic heterocycles. The van der Waals surface area contributed by atoms with Gasteiger partial charge in [0.05, 0.1) is 10.1 Å². The van der Waals surface area contributed by atoms with Crippen molar-refractivity contribution in [2.24, 2.45) is 5.73 Å². The first kappa shape index (κ1) is 17.3. The smallest absolute Gasteiger partial charge is 0.394 e. The molecule has 0 fully saturated rings. The van der Waals surface area contributed by atoms with Crippen LogP contribution < -0.4 is 5.73 Å². The van der Waals surface area contributed by atoms with Gasteiger partial charge in [0.15, 0.2) is 0 Å². The number of nitrogens with two attached hydrogens (primary N) is 1. The van der Waals surface area contributed by atoms with E-state index in [4.69, 9.17) is 11.0 Å². The maximum absolute atomic E-state index is 12.6. The molecule has 1 aromatic rings. The molecular formula is C15H14BrF3N2. The first-order chi connectivity index (χ1) is 9.72. The molecule has 2 nitrogen and oxygen atoms in total. The van der Waals surface area contributed by atoms with Crippen LogP contribution in [0.4, 0.5) is 13.2 Å². The third-order valence-corrected chi connectivity index (χ3v) is 3.87. The molecule has 0 bridgehead atoms. The molecule has 0 saturated heterocycles. The lowest BCUT2D eigenvalue weighted by atomic mass is 9.99. The summed E-state index contributed by atoms with van der Waals surface area (Å²) in [7, 11) is 0. The minimum absolute atomic E-state index is 0.130. The fraction of sp³-hybridized carbons (Fsp3) is 0.267. The molecule has 0 spiro atoms. The minimum Gasteiger partial charge on any atom is -0.394 e. The minimum atomic E-state index is -4.69. The van der Waals surface area contributed by atoms with Crippen molar-refractivity contribution in [3.8, 4) is 6.07 Å². The van der Waals surface area contributed by atoms with Crippen molar-refractivity contribution in [2.45, 2.75) is 26.4 Å². The Kier molecular flexibility index (Phi) is 5.62. The number of alkyl halides is 3. The maximum Gasteiger partial charge on any atom is 0.431 e. The van der Waals surface area contributed by atoms with E-state index in [2.05, 4.69) is 15.9 Å². The molecule has 0 amide bonds. The highest BCUT2D eigenvalue weighted by Crippen LogP contribution is 2.33. The summed E-state index contributed by atoms with van der Waals surface area (Å²) >= 11 is 2.79. The number of hydrogen-bond acceptors (Lipinski definition) is 2. The van der Waals surface area contributed by atoms with Crippen LogP contribution in [0.3, 0.4) is 0 Å². The van der Waals surface area contributed by atoms with Crippen molar-refractivity contribution < 1.29 is 13.2 Å². The van der Waals surface area contributed by atoms with Gasteiger partial charge < -0.3 is 5.73 Å². The summed E-state index contributed by atoms with van der Waals surface area (Å²) in [6.07, 6.45) is -3.83. The lowest BCUT2D eigenvalue weighted by Crippen LogP contribution is -2.21. The van der Waals surface area contributed by atoms with Crippen molar-refractivity contribution in [1.29, 1.82) is 5.26 Å². The number of rotatable bonds is 3. The highest BCUT2D eigenvalue weighted by molar-refractivity contribution is 9.12. The molecule has 0 heterocycles. The lowest BCUT2D eigenvalue weighted by molar-refractivity contribution is -0.0928. The number of nitrogens with zero attached hydrogens (tertiary/aromatic N) is 1. The molecule has 21 heavy (non-hydrogen) atoms. The first-order valence-electron chi connectivity index (χ1n) is 6.15. The molecule has 1 rings (SSSR count). The third-order valence-electron chi connectivity index (χ3n) is 3.04. The Morgan fingerprint density at radius 1 is 1.29 bits per heavy atom. The zero-order valence-electron chi connectivity index (χ0n) is 11.6. The van der Waals surface area contributed by atoms with Crippen LogP contribution >= 0.6 is 15.9 Å². The van der Waals surface area contributed by atoms with Gasteiger partial charge in [0, 0.05) is 0 Å². The van der Waals surface area contributed by atoms with Crippen molar-refractivity contribution in [1.82, 2.24) is 0 Å². The molecule has 0 aliphatic heterocycles. The Labute approximate surface area is 129 Å². The normalized spacial score (nSPS) is 14.1. The van der Waals surface area contributed by atoms with Gasteiger partial charge in [0.1, 0.15) is 11.8 Å². The van der Waals surface area contributed by atoms with E-state index in [0.717, 1.165) is 12.0 Å². The number of aryl methyl sites for hydroxylation is 1. The Hall–Kier alpha value is -1.74. The van der Waals surface area contributed by atoms with Gasteiger partial charge in [-0.3, -0.25) is 0 Å². The Balaban J connectivity index is 3.38. The van der Waals surface area contributed by atoms with E-state index in [-0.39, 0.29) is 5.57 Å². The van der Waals surface area contributed by atoms with Gasteiger partial charge in [-0.25, -0.2) is 0 Å². The molecule has 0 saturated carbocycles. The van der Waals surface area contributed by atoms with Gasteiger partial charge in [0.25, 0.3) is 0 Å². The first-order valence-corrected chi connectivity index (χ1v) is 6.94. The van der Waals surface area contributed by atoms with E-state index in [9.17, 15) is 13.2 Å². The summed E-state index contributed by atoms with van der Waals surface area (Å²) in [4.78, 5) is 0. The average molecular weight is 359 g/mol. The van der Waals surface area contributed by atoms with Crippen LogP contribution in [0, 0.1) is 11.3 Å². The highest BCUT2D eigenvalue weighted by atomic mass is 79.9. The fourth-order valence-electron chi connectivity index (χ4n) is 1.69. The van der Waals surface area contributed by atoms with E-state index >= 15 is 0 Å². The number of hydrogen-bond donors (Lipinski definition) is 1. The number of nitriles is 1. The van der Waals surface area contributed by atoms with Crippen molar-refractivity contribution >= 4 is 21.5 Å². The fourth-order valence-corrected chi connectivity index (χ4v) is 2.30. The lowest BCUT2D eigenvalue weighted by Gasteiger charge is -2.11. The van der Waals surface area contributed by atoms with E-state index in [0.29, 0.717) is 11.1 Å². The van der Waals surface area contributed by atoms with Crippen molar-refractivity contribution in [3.63, 3.8) is 0 Å². The average Bonchev–Trinajstić information content (AvgIpc) is 2.46. The predicted octanol–water partition coefficient (Wildman–Crippen LogP) is 4.67. The molecule has 6 heteroatoms. The standard InChI is InChI=1S/C15H14BrF3N2/c1-3-10-4-6-11(7-5-10)9(2)12(8-20)13(16)14(21)15(17,18)19/h4-7H,3,21H2,1-2H3/b12-9+,14-13+. The van der Waals surface area contributed by atoms with E-state index in [1.165, 1.54) is 0 Å². The summed E-state index contributed by atoms with van der Waals surface area (Å²) in [5.74, 6) is 0. The zero-order valence-corrected chi connectivity index (χ0v) is 13.1. The van der Waals surface area contributed by atoms with Crippen LogP contribution in [0.1, 0.15) is 25.0 Å². The second-order valence-electron chi connectivity index (χ2n) is 4.39. The predicted molar refractivity (Wildman–Crippen MR) is 80.2 cm³/mol. The quantitative estimate of drug-likeness (QED) is 0.630. The number of allylic oxidation sites excluding steroid dienone is 4. The van der Waals surface area contributed by atoms with Crippen LogP contribution in [-0.4, -0.2) is 6.18 Å². The SMILES string of the molecule is CCc1ccc(/C(C)=C(C#N)/C(Br)=C(\N)C(F)(F)F)cc1. The van der Waals surface area contributed by atoms with Crippen molar-refractivity contribution in [3.05, 3.63) is 51.1 Å². The molecule has 112 valence electrons. The summed E-state index contributed by atoms with van der Waals surface area (Å²) in [5.41, 5.74) is 5.82. The zero-order chi connectivity index (χ0) is 16.2. The van der Waals surface area contributed by atoms with Gasteiger partial charge in [-0.05, 0) is 46.0 Å². The van der Waals surface area contributed by atoms with Gasteiger partial charge >= 0.3 is 6.18 Å². The van der Waals surface area contributed by atoms with Gasteiger partial charge in [0.2, 0.25) is 0 Å². The molecule has 0 aliphatic carbocycles. The van der Waals surface area contributed by atoms with Crippen LogP contribution in [-0.2, 0) is 6.42 Å². The van der Waals surface area contributed by atoms with E-state index in [1.807, 2.05) is 19.1 Å². The monoisotopic (exact) mass is 358 g/mol. The number of halogens is 4. The summed E-state index contributed by atoms with van der Waals surface area (Å²) in [6.45, 7) is 3.59. The summed E-state index contributed by atoms with van der Waals surface area (Å²) in [6, 6.07) is 9.07.